The first-order valence-electron chi connectivity index (χ1n) is 11.2. The molecule has 1 aromatic heterocycles. The molecule has 1 heterocycles. The molecule has 2 N–H and O–H groups in total. The highest BCUT2D eigenvalue weighted by Crippen LogP contribution is 2.24. The fourth-order valence-electron chi connectivity index (χ4n) is 3.46. The Labute approximate surface area is 204 Å². The maximum atomic E-state index is 13.0. The van der Waals surface area contributed by atoms with Gasteiger partial charge in [0, 0.05) is 12.7 Å². The van der Waals surface area contributed by atoms with Crippen LogP contribution in [-0.4, -0.2) is 32.2 Å². The molecular formula is C26H32N4O3S. The van der Waals surface area contributed by atoms with Crippen molar-refractivity contribution in [3.8, 4) is 5.69 Å². The number of benzene rings is 2. The Morgan fingerprint density at radius 3 is 2.21 bits per heavy atom. The van der Waals surface area contributed by atoms with Crippen molar-refractivity contribution >= 4 is 35.0 Å². The van der Waals surface area contributed by atoms with Crippen LogP contribution in [0.2, 0.25) is 0 Å². The fraction of sp³-hybridized carbons (Fsp3) is 0.346. The van der Waals surface area contributed by atoms with E-state index in [1.165, 1.54) is 22.0 Å². The molecule has 0 bridgehead atoms. The van der Waals surface area contributed by atoms with Crippen LogP contribution in [0.5, 0.6) is 0 Å². The number of anilines is 2. The van der Waals surface area contributed by atoms with Gasteiger partial charge in [0.05, 0.1) is 22.4 Å². The standard InChI is InChI=1S/C26H32N4O3S/c1-17-23(25(33)30(29(17)6)21-10-8-7-9-11-21)28-24(32)18(2)34-16-22(31)27-20-14-12-19(13-15-20)26(3,4)5/h7-15,18H,16H2,1-6H3,(H,27,31)(H,28,32). The summed E-state index contributed by atoms with van der Waals surface area (Å²) in [6.07, 6.45) is 0. The second kappa shape index (κ2) is 10.3. The molecule has 34 heavy (non-hydrogen) atoms. The van der Waals surface area contributed by atoms with Gasteiger partial charge in [-0.15, -0.1) is 11.8 Å². The summed E-state index contributed by atoms with van der Waals surface area (Å²) in [6, 6.07) is 17.0. The minimum Gasteiger partial charge on any atom is -0.325 e. The first kappa shape index (κ1) is 25.4. The predicted molar refractivity (Wildman–Crippen MR) is 140 cm³/mol. The molecule has 180 valence electrons. The van der Waals surface area contributed by atoms with Crippen molar-refractivity contribution in [3.63, 3.8) is 0 Å². The zero-order valence-corrected chi connectivity index (χ0v) is 21.3. The van der Waals surface area contributed by atoms with E-state index in [2.05, 4.69) is 31.4 Å². The third kappa shape index (κ3) is 5.80. The molecule has 7 nitrogen and oxygen atoms in total. The topological polar surface area (TPSA) is 85.1 Å². The molecule has 0 fully saturated rings. The third-order valence-electron chi connectivity index (χ3n) is 5.67. The number of aromatic nitrogens is 2. The SMILES string of the molecule is Cc1c(NC(=O)C(C)SCC(=O)Nc2ccc(C(C)(C)C)cc2)c(=O)n(-c2ccccc2)n1C. The third-order valence-corrected chi connectivity index (χ3v) is 6.81. The van der Waals surface area contributed by atoms with E-state index in [9.17, 15) is 14.4 Å². The number of carbonyl (C=O) groups is 2. The van der Waals surface area contributed by atoms with Gasteiger partial charge in [0.15, 0.2) is 0 Å². The molecule has 0 aliphatic heterocycles. The van der Waals surface area contributed by atoms with Gasteiger partial charge in [0.1, 0.15) is 5.69 Å². The maximum absolute atomic E-state index is 13.0. The van der Waals surface area contributed by atoms with E-state index in [1.54, 1.807) is 25.6 Å². The number of para-hydroxylation sites is 1. The van der Waals surface area contributed by atoms with Crippen LogP contribution in [0.3, 0.4) is 0 Å². The number of thioether (sulfide) groups is 1. The van der Waals surface area contributed by atoms with Crippen molar-refractivity contribution in [3.05, 3.63) is 76.2 Å². The van der Waals surface area contributed by atoms with Crippen molar-refractivity contribution in [2.45, 2.75) is 45.3 Å². The van der Waals surface area contributed by atoms with Gasteiger partial charge in [-0.3, -0.25) is 19.1 Å². The summed E-state index contributed by atoms with van der Waals surface area (Å²) >= 11 is 1.22. The van der Waals surface area contributed by atoms with Gasteiger partial charge >= 0.3 is 0 Å². The monoisotopic (exact) mass is 480 g/mol. The Morgan fingerprint density at radius 2 is 1.62 bits per heavy atom. The Kier molecular flexibility index (Phi) is 7.71. The van der Waals surface area contributed by atoms with Crippen LogP contribution in [0.15, 0.2) is 59.4 Å². The van der Waals surface area contributed by atoms with Gasteiger partial charge in [-0.1, -0.05) is 51.1 Å². The van der Waals surface area contributed by atoms with Crippen LogP contribution in [0.1, 0.15) is 39.0 Å². The molecule has 0 aliphatic carbocycles. The highest BCUT2D eigenvalue weighted by molar-refractivity contribution is 8.01. The second-order valence-corrected chi connectivity index (χ2v) is 10.6. The summed E-state index contributed by atoms with van der Waals surface area (Å²) in [5, 5.41) is 5.11. The number of nitrogens with one attached hydrogen (secondary N) is 2. The highest BCUT2D eigenvalue weighted by Gasteiger charge is 2.22. The van der Waals surface area contributed by atoms with Gasteiger partial charge in [-0.05, 0) is 49.1 Å². The molecule has 2 aromatic carbocycles. The molecule has 3 rings (SSSR count). The fourth-order valence-corrected chi connectivity index (χ4v) is 4.15. The molecule has 1 unspecified atom stereocenters. The second-order valence-electron chi connectivity index (χ2n) is 9.25. The normalized spacial score (nSPS) is 12.3. The molecule has 0 radical (unpaired) electrons. The van der Waals surface area contributed by atoms with E-state index in [0.717, 1.165) is 5.69 Å². The number of nitrogens with zero attached hydrogens (tertiary/aromatic N) is 2. The molecule has 8 heteroatoms. The summed E-state index contributed by atoms with van der Waals surface area (Å²) in [5.74, 6) is -0.383. The van der Waals surface area contributed by atoms with Crippen molar-refractivity contribution in [1.29, 1.82) is 0 Å². The Morgan fingerprint density at radius 1 is 1.00 bits per heavy atom. The average molecular weight is 481 g/mol. The summed E-state index contributed by atoms with van der Waals surface area (Å²) in [7, 11) is 1.77. The van der Waals surface area contributed by atoms with Crippen LogP contribution in [0.4, 0.5) is 11.4 Å². The molecule has 0 saturated heterocycles. The highest BCUT2D eigenvalue weighted by atomic mass is 32.2. The lowest BCUT2D eigenvalue weighted by Gasteiger charge is -2.19. The lowest BCUT2D eigenvalue weighted by molar-refractivity contribution is -0.115. The lowest BCUT2D eigenvalue weighted by Crippen LogP contribution is -2.28. The number of rotatable bonds is 7. The molecule has 0 spiro atoms. The van der Waals surface area contributed by atoms with Crippen molar-refractivity contribution in [1.82, 2.24) is 9.36 Å². The summed E-state index contributed by atoms with van der Waals surface area (Å²) in [6.45, 7) is 9.92. The Balaban J connectivity index is 1.59. The first-order chi connectivity index (χ1) is 16.0. The van der Waals surface area contributed by atoms with Gasteiger partial charge in [0.25, 0.3) is 5.56 Å². The number of carbonyl (C=O) groups excluding carboxylic acids is 2. The van der Waals surface area contributed by atoms with E-state index in [-0.39, 0.29) is 34.2 Å². The van der Waals surface area contributed by atoms with E-state index >= 15 is 0 Å². The smallest absolute Gasteiger partial charge is 0.295 e. The van der Waals surface area contributed by atoms with Crippen LogP contribution >= 0.6 is 11.8 Å². The first-order valence-corrected chi connectivity index (χ1v) is 12.2. The van der Waals surface area contributed by atoms with E-state index in [4.69, 9.17) is 0 Å². The molecule has 0 saturated carbocycles. The minimum absolute atomic E-state index is 0.0443. The van der Waals surface area contributed by atoms with E-state index in [1.807, 2.05) is 54.6 Å². The number of hydrogen-bond acceptors (Lipinski definition) is 4. The average Bonchev–Trinajstić information content (AvgIpc) is 3.00. The van der Waals surface area contributed by atoms with Crippen molar-refractivity contribution in [2.24, 2.45) is 7.05 Å². The number of amides is 2. The summed E-state index contributed by atoms with van der Waals surface area (Å²) in [5.41, 5.74) is 3.26. The number of hydrogen-bond donors (Lipinski definition) is 2. The van der Waals surface area contributed by atoms with E-state index in [0.29, 0.717) is 11.4 Å². The van der Waals surface area contributed by atoms with Crippen molar-refractivity contribution < 1.29 is 9.59 Å². The van der Waals surface area contributed by atoms with Crippen LogP contribution in [-0.2, 0) is 22.1 Å². The molecule has 3 aromatic rings. The van der Waals surface area contributed by atoms with Crippen LogP contribution in [0, 0.1) is 6.92 Å². The molecule has 2 amide bonds. The quantitative estimate of drug-likeness (QED) is 0.522. The minimum atomic E-state index is -0.516. The zero-order valence-electron chi connectivity index (χ0n) is 20.5. The Bertz CT molecular complexity index is 1220. The lowest BCUT2D eigenvalue weighted by atomic mass is 9.87. The van der Waals surface area contributed by atoms with Gasteiger partial charge in [0.2, 0.25) is 11.8 Å². The van der Waals surface area contributed by atoms with Crippen LogP contribution in [0.25, 0.3) is 5.69 Å². The largest absolute Gasteiger partial charge is 0.325 e. The van der Waals surface area contributed by atoms with Crippen molar-refractivity contribution in [2.75, 3.05) is 16.4 Å². The van der Waals surface area contributed by atoms with E-state index < -0.39 is 5.25 Å². The summed E-state index contributed by atoms with van der Waals surface area (Å²) in [4.78, 5) is 38.1. The Hall–Kier alpha value is -3.26. The van der Waals surface area contributed by atoms with Gasteiger partial charge < -0.3 is 10.6 Å². The molecule has 0 aliphatic rings. The zero-order chi connectivity index (χ0) is 25.0. The maximum Gasteiger partial charge on any atom is 0.295 e. The van der Waals surface area contributed by atoms with Gasteiger partial charge in [-0.2, -0.15) is 0 Å². The van der Waals surface area contributed by atoms with Crippen LogP contribution < -0.4 is 16.2 Å². The predicted octanol–water partition coefficient (Wildman–Crippen LogP) is 4.48. The molecular weight excluding hydrogens is 448 g/mol. The van der Waals surface area contributed by atoms with Gasteiger partial charge in [-0.25, -0.2) is 4.68 Å². The summed E-state index contributed by atoms with van der Waals surface area (Å²) < 4.78 is 3.23. The molecule has 1 atom stereocenters.